The van der Waals surface area contributed by atoms with Crippen LogP contribution in [0, 0.1) is 0 Å². The van der Waals surface area contributed by atoms with Crippen LogP contribution in [-0.4, -0.2) is 78.9 Å². The molecule has 0 saturated heterocycles. The van der Waals surface area contributed by atoms with Gasteiger partial charge in [0.2, 0.25) is 12.8 Å². The number of carbonyl (C=O) groups excluding carboxylic acids is 2. The van der Waals surface area contributed by atoms with Crippen LogP contribution in [0.1, 0.15) is 51.4 Å². The van der Waals surface area contributed by atoms with E-state index in [2.05, 4.69) is 24.6 Å². The van der Waals surface area contributed by atoms with Crippen molar-refractivity contribution >= 4 is 12.8 Å². The summed E-state index contributed by atoms with van der Waals surface area (Å²) in [6, 6.07) is 0. The lowest BCUT2D eigenvalue weighted by molar-refractivity contribution is -0.296. The van der Waals surface area contributed by atoms with Gasteiger partial charge in [-0.15, -0.1) is 13.2 Å². The second-order valence-corrected chi connectivity index (χ2v) is 6.64. The molecule has 0 heterocycles. The van der Waals surface area contributed by atoms with E-state index >= 15 is 0 Å². The van der Waals surface area contributed by atoms with Crippen LogP contribution in [-0.2, 0) is 38.3 Å². The first-order valence-corrected chi connectivity index (χ1v) is 11.8. The minimum absolute atomic E-state index is 0.250. The number of ether oxygens (including phenoxy) is 4. The van der Waals surface area contributed by atoms with Gasteiger partial charge in [0.25, 0.3) is 0 Å². The van der Waals surface area contributed by atoms with E-state index in [1.807, 2.05) is 12.2 Å². The highest BCUT2D eigenvalue weighted by molar-refractivity contribution is 5.42. The summed E-state index contributed by atoms with van der Waals surface area (Å²) in [7, 11) is 0. The van der Waals surface area contributed by atoms with Crippen LogP contribution in [0.4, 0.5) is 0 Å². The maximum atomic E-state index is 8.58. The van der Waals surface area contributed by atoms with Crippen LogP contribution in [0.5, 0.6) is 0 Å². The molecule has 0 unspecified atom stereocenters. The number of amides is 2. The normalized spacial score (nSPS) is 9.76. The number of primary amides is 2. The third-order valence-corrected chi connectivity index (χ3v) is 3.66. The fourth-order valence-electron chi connectivity index (χ4n) is 2.15. The molecular formula is C24H48N2O8. The van der Waals surface area contributed by atoms with Crippen molar-refractivity contribution in [2.45, 2.75) is 51.4 Å². The fraction of sp³-hybridized carbons (Fsp3) is 0.750. The number of nitrogens with two attached hydrogens (primary N) is 2. The molecule has 0 radical (unpaired) electrons. The summed E-state index contributed by atoms with van der Waals surface area (Å²) < 4.78 is 22.0. The summed E-state index contributed by atoms with van der Waals surface area (Å²) in [5, 5.41) is 0. The van der Waals surface area contributed by atoms with Gasteiger partial charge in [0, 0.05) is 52.9 Å². The molecule has 0 aromatic heterocycles. The van der Waals surface area contributed by atoms with Crippen LogP contribution < -0.4 is 11.5 Å². The molecule has 0 aromatic rings. The Hall–Kier alpha value is -1.82. The molecule has 0 aliphatic carbocycles. The Morgan fingerprint density at radius 3 is 0.971 bits per heavy atom. The average Bonchev–Trinajstić information content (AvgIpc) is 2.83. The smallest absolute Gasteiger partial charge is 0.204 e. The molecule has 0 fully saturated rings. The Balaban J connectivity index is -0.00000143. The van der Waals surface area contributed by atoms with Crippen molar-refractivity contribution in [3.05, 3.63) is 25.3 Å². The molecule has 0 aliphatic heterocycles. The summed E-state index contributed by atoms with van der Waals surface area (Å²) in [6.07, 6.45) is 11.9. The molecule has 10 heteroatoms. The molecule has 4 N–H and O–H groups in total. The standard InChI is InChI=1S/C22H42O6.2CH3NO/c1-3-5-7-13-23-15-9-16-25-17-10-18-26-20-12-22-28-27-21-11-19-24-14-8-6-4-2;2*2-1-3/h3-4H,1-2,5-22H2;2*1H,(H2,2,3). The lowest BCUT2D eigenvalue weighted by Gasteiger charge is -2.07. The SMILES string of the molecule is C=CCCCOCCCOCCCOCCCOOCCCOCCCC=C.NC=O.NC=O. The molecule has 0 saturated carbocycles. The molecule has 0 rings (SSSR count). The molecule has 0 aromatic carbocycles. The Morgan fingerprint density at radius 2 is 0.706 bits per heavy atom. The molecule has 0 aliphatic rings. The zero-order valence-corrected chi connectivity index (χ0v) is 20.9. The van der Waals surface area contributed by atoms with Crippen molar-refractivity contribution in [2.24, 2.45) is 11.5 Å². The van der Waals surface area contributed by atoms with Gasteiger partial charge in [0.05, 0.1) is 13.2 Å². The Kier molecular flexibility index (Phi) is 44.8. The van der Waals surface area contributed by atoms with Crippen molar-refractivity contribution < 1.29 is 38.3 Å². The highest BCUT2D eigenvalue weighted by Gasteiger charge is 1.95. The van der Waals surface area contributed by atoms with E-state index in [0.29, 0.717) is 33.0 Å². The van der Waals surface area contributed by atoms with Gasteiger partial charge < -0.3 is 30.4 Å². The van der Waals surface area contributed by atoms with Crippen molar-refractivity contribution in [3.8, 4) is 0 Å². The molecule has 34 heavy (non-hydrogen) atoms. The number of carbonyl (C=O) groups is 2. The quantitative estimate of drug-likeness (QED) is 0.0651. The highest BCUT2D eigenvalue weighted by atomic mass is 17.2. The summed E-state index contributed by atoms with van der Waals surface area (Å²) in [4.78, 5) is 27.4. The summed E-state index contributed by atoms with van der Waals surface area (Å²) in [5.41, 5.74) is 8.33. The molecule has 202 valence electrons. The summed E-state index contributed by atoms with van der Waals surface area (Å²) in [5.74, 6) is 0. The predicted octanol–water partition coefficient (Wildman–Crippen LogP) is 2.70. The van der Waals surface area contributed by atoms with Crippen LogP contribution >= 0.6 is 0 Å². The van der Waals surface area contributed by atoms with E-state index in [-0.39, 0.29) is 12.8 Å². The zero-order chi connectivity index (χ0) is 25.8. The molecule has 0 atom stereocenters. The lowest BCUT2D eigenvalue weighted by Crippen LogP contribution is -2.07. The van der Waals surface area contributed by atoms with E-state index in [0.717, 1.165) is 84.4 Å². The van der Waals surface area contributed by atoms with E-state index in [9.17, 15) is 0 Å². The van der Waals surface area contributed by atoms with E-state index in [4.69, 9.17) is 38.3 Å². The molecular weight excluding hydrogens is 444 g/mol. The topological polar surface area (TPSA) is 142 Å². The number of hydrogen-bond acceptors (Lipinski definition) is 8. The van der Waals surface area contributed by atoms with Gasteiger partial charge in [-0.3, -0.25) is 9.59 Å². The third kappa shape index (κ3) is 47.8. The van der Waals surface area contributed by atoms with E-state index in [1.54, 1.807) is 0 Å². The van der Waals surface area contributed by atoms with E-state index in [1.165, 1.54) is 0 Å². The van der Waals surface area contributed by atoms with Gasteiger partial charge in [-0.05, 0) is 51.4 Å². The molecule has 10 nitrogen and oxygen atoms in total. The number of allylic oxidation sites excluding steroid dienone is 2. The first-order valence-electron chi connectivity index (χ1n) is 11.8. The zero-order valence-electron chi connectivity index (χ0n) is 20.9. The third-order valence-electron chi connectivity index (χ3n) is 3.66. The second kappa shape index (κ2) is 41.4. The highest BCUT2D eigenvalue weighted by Crippen LogP contribution is 1.95. The Labute approximate surface area is 205 Å². The first kappa shape index (κ1) is 36.7. The van der Waals surface area contributed by atoms with Crippen molar-refractivity contribution in [1.29, 1.82) is 0 Å². The number of hydrogen-bond donors (Lipinski definition) is 2. The minimum Gasteiger partial charge on any atom is -0.381 e. The minimum atomic E-state index is 0.250. The molecule has 0 bridgehead atoms. The largest absolute Gasteiger partial charge is 0.381 e. The monoisotopic (exact) mass is 492 g/mol. The molecule has 0 spiro atoms. The predicted molar refractivity (Wildman–Crippen MR) is 133 cm³/mol. The average molecular weight is 493 g/mol. The summed E-state index contributed by atoms with van der Waals surface area (Å²) >= 11 is 0. The molecule has 2 amide bonds. The number of unbranched alkanes of at least 4 members (excludes halogenated alkanes) is 2. The van der Waals surface area contributed by atoms with Crippen molar-refractivity contribution in [1.82, 2.24) is 0 Å². The van der Waals surface area contributed by atoms with Crippen molar-refractivity contribution in [3.63, 3.8) is 0 Å². The second-order valence-electron chi connectivity index (χ2n) is 6.64. The van der Waals surface area contributed by atoms with Crippen LogP contribution in [0.3, 0.4) is 0 Å². The van der Waals surface area contributed by atoms with Gasteiger partial charge in [-0.25, -0.2) is 9.78 Å². The van der Waals surface area contributed by atoms with Gasteiger partial charge >= 0.3 is 0 Å². The van der Waals surface area contributed by atoms with Gasteiger partial charge in [0.1, 0.15) is 0 Å². The number of rotatable bonds is 25. The van der Waals surface area contributed by atoms with Crippen LogP contribution in [0.2, 0.25) is 0 Å². The summed E-state index contributed by atoms with van der Waals surface area (Å²) in [6.45, 7) is 14.4. The maximum Gasteiger partial charge on any atom is 0.204 e. The lowest BCUT2D eigenvalue weighted by atomic mass is 10.3. The Morgan fingerprint density at radius 1 is 0.471 bits per heavy atom. The van der Waals surface area contributed by atoms with Gasteiger partial charge in [-0.2, -0.15) is 0 Å². The van der Waals surface area contributed by atoms with Crippen LogP contribution in [0.15, 0.2) is 25.3 Å². The Bertz CT molecular complexity index is 365. The van der Waals surface area contributed by atoms with Gasteiger partial charge in [0.15, 0.2) is 0 Å². The van der Waals surface area contributed by atoms with Crippen LogP contribution in [0.25, 0.3) is 0 Å². The van der Waals surface area contributed by atoms with Gasteiger partial charge in [-0.1, -0.05) is 12.2 Å². The van der Waals surface area contributed by atoms with E-state index < -0.39 is 0 Å². The maximum absolute atomic E-state index is 8.58. The first-order chi connectivity index (χ1) is 16.7. The fourth-order valence-corrected chi connectivity index (χ4v) is 2.15. The van der Waals surface area contributed by atoms with Crippen molar-refractivity contribution in [2.75, 3.05) is 66.1 Å².